The number of hydrogen-bond acceptors (Lipinski definition) is 3. The first kappa shape index (κ1) is 18.0. The van der Waals surface area contributed by atoms with Crippen LogP contribution in [0.15, 0.2) is 18.3 Å². The van der Waals surface area contributed by atoms with Gasteiger partial charge in [0.1, 0.15) is 6.73 Å². The smallest absolute Gasteiger partial charge is 0.392 e. The van der Waals surface area contributed by atoms with E-state index < -0.39 is 26.4 Å². The first-order valence-corrected chi connectivity index (χ1v) is 11.1. The highest BCUT2D eigenvalue weighted by atomic mass is 28.3. The number of alkyl halides is 3. The average molecular weight is 346 g/mol. The zero-order valence-corrected chi connectivity index (χ0v) is 14.4. The number of fused-ring (bicyclic) bond motifs is 1. The molecule has 0 fully saturated rings. The van der Waals surface area contributed by atoms with Crippen LogP contribution < -0.4 is 0 Å². The third-order valence-corrected chi connectivity index (χ3v) is 5.22. The Morgan fingerprint density at radius 2 is 1.96 bits per heavy atom. The molecule has 0 aliphatic heterocycles. The first-order chi connectivity index (χ1) is 10.6. The molecule has 0 amide bonds. The van der Waals surface area contributed by atoms with Crippen LogP contribution in [-0.2, 0) is 24.3 Å². The fraction of sp³-hybridized carbons (Fsp3) is 0.533. The second-order valence-electron chi connectivity index (χ2n) is 6.72. The highest BCUT2D eigenvalue weighted by molar-refractivity contribution is 6.76. The van der Waals surface area contributed by atoms with E-state index in [-0.39, 0.29) is 12.3 Å². The van der Waals surface area contributed by atoms with Crippen molar-refractivity contribution >= 4 is 19.0 Å². The molecule has 2 aromatic rings. The van der Waals surface area contributed by atoms with Gasteiger partial charge < -0.3 is 9.84 Å². The molecule has 0 atom stereocenters. The summed E-state index contributed by atoms with van der Waals surface area (Å²) in [5.74, 6) is 0. The summed E-state index contributed by atoms with van der Waals surface area (Å²) in [7, 11) is -1.20. The summed E-state index contributed by atoms with van der Waals surface area (Å²) in [6.07, 6.45) is -3.08. The number of halogens is 3. The molecule has 1 aromatic heterocycles. The summed E-state index contributed by atoms with van der Waals surface area (Å²) in [6, 6.07) is 3.00. The van der Waals surface area contributed by atoms with Crippen LogP contribution in [0, 0.1) is 0 Å². The maximum Gasteiger partial charge on any atom is 0.416 e. The van der Waals surface area contributed by atoms with Gasteiger partial charge >= 0.3 is 6.18 Å². The summed E-state index contributed by atoms with van der Waals surface area (Å²) in [4.78, 5) is 0. The lowest BCUT2D eigenvalue weighted by atomic mass is 10.1. The SMILES string of the molecule is C[Si](C)(C)CCOCn1ncc2cc(C(F)(F)F)cc(CO)c21. The Labute approximate surface area is 133 Å². The van der Waals surface area contributed by atoms with Crippen molar-refractivity contribution in [2.45, 2.75) is 45.2 Å². The molecule has 23 heavy (non-hydrogen) atoms. The second-order valence-corrected chi connectivity index (χ2v) is 12.3. The number of ether oxygens (including phenoxy) is 1. The molecular weight excluding hydrogens is 325 g/mol. The van der Waals surface area contributed by atoms with Crippen LogP contribution >= 0.6 is 0 Å². The summed E-state index contributed by atoms with van der Waals surface area (Å²) >= 11 is 0. The van der Waals surface area contributed by atoms with E-state index >= 15 is 0 Å². The van der Waals surface area contributed by atoms with Crippen LogP contribution in [0.1, 0.15) is 11.1 Å². The molecular formula is C15H21F3N2O2Si. The highest BCUT2D eigenvalue weighted by Gasteiger charge is 2.31. The Kier molecular flexibility index (Phi) is 5.17. The molecule has 0 aliphatic carbocycles. The predicted octanol–water partition coefficient (Wildman–Crippen LogP) is 3.86. The number of hydrogen-bond donors (Lipinski definition) is 1. The van der Waals surface area contributed by atoms with Gasteiger partial charge in [0.05, 0.1) is 23.9 Å². The van der Waals surface area contributed by atoms with Crippen molar-refractivity contribution in [2.75, 3.05) is 6.61 Å². The third-order valence-electron chi connectivity index (χ3n) is 3.52. The van der Waals surface area contributed by atoms with Gasteiger partial charge in [-0.2, -0.15) is 18.3 Å². The van der Waals surface area contributed by atoms with Crippen molar-refractivity contribution < 1.29 is 23.0 Å². The minimum Gasteiger partial charge on any atom is -0.392 e. The van der Waals surface area contributed by atoms with E-state index in [2.05, 4.69) is 24.7 Å². The number of aromatic nitrogens is 2. The van der Waals surface area contributed by atoms with Crippen LogP contribution in [0.2, 0.25) is 25.7 Å². The number of aliphatic hydroxyl groups excluding tert-OH is 1. The minimum absolute atomic E-state index is 0.159. The van der Waals surface area contributed by atoms with Crippen LogP contribution in [0.25, 0.3) is 10.9 Å². The molecule has 8 heteroatoms. The quantitative estimate of drug-likeness (QED) is 0.638. The van der Waals surface area contributed by atoms with Gasteiger partial charge in [0.2, 0.25) is 0 Å². The van der Waals surface area contributed by atoms with Gasteiger partial charge in [0, 0.05) is 25.6 Å². The minimum atomic E-state index is -4.45. The molecule has 0 saturated heterocycles. The summed E-state index contributed by atoms with van der Waals surface area (Å²) < 4.78 is 45.7. The van der Waals surface area contributed by atoms with E-state index in [0.29, 0.717) is 17.5 Å². The van der Waals surface area contributed by atoms with Gasteiger partial charge in [-0.3, -0.25) is 0 Å². The van der Waals surface area contributed by atoms with Crippen LogP contribution in [-0.4, -0.2) is 29.6 Å². The Morgan fingerprint density at radius 1 is 1.26 bits per heavy atom. The summed E-state index contributed by atoms with van der Waals surface area (Å²) in [5.41, 5.74) is -0.108. The molecule has 1 N–H and O–H groups in total. The van der Waals surface area contributed by atoms with Crippen molar-refractivity contribution in [3.05, 3.63) is 29.5 Å². The van der Waals surface area contributed by atoms with Crippen molar-refractivity contribution in [1.82, 2.24) is 9.78 Å². The number of nitrogens with zero attached hydrogens (tertiary/aromatic N) is 2. The second kappa shape index (κ2) is 6.62. The topological polar surface area (TPSA) is 47.3 Å². The van der Waals surface area contributed by atoms with Gasteiger partial charge in [-0.1, -0.05) is 19.6 Å². The molecule has 0 spiro atoms. The van der Waals surface area contributed by atoms with Crippen LogP contribution in [0.3, 0.4) is 0 Å². The van der Waals surface area contributed by atoms with Crippen molar-refractivity contribution in [3.63, 3.8) is 0 Å². The summed E-state index contributed by atoms with van der Waals surface area (Å²) in [5, 5.41) is 13.8. The van der Waals surface area contributed by atoms with Crippen LogP contribution in [0.4, 0.5) is 13.2 Å². The Bertz CT molecular complexity index is 678. The lowest BCUT2D eigenvalue weighted by Crippen LogP contribution is -2.22. The van der Waals surface area contributed by atoms with E-state index in [1.165, 1.54) is 10.9 Å². The maximum atomic E-state index is 12.9. The molecule has 0 saturated carbocycles. The maximum absolute atomic E-state index is 12.9. The molecule has 0 unspecified atom stereocenters. The predicted molar refractivity (Wildman–Crippen MR) is 84.8 cm³/mol. The Balaban J connectivity index is 2.22. The molecule has 0 radical (unpaired) electrons. The summed E-state index contributed by atoms with van der Waals surface area (Å²) in [6.45, 7) is 6.98. The van der Waals surface area contributed by atoms with E-state index in [4.69, 9.17) is 4.74 Å². The van der Waals surface area contributed by atoms with Gasteiger partial charge in [0.15, 0.2) is 0 Å². The van der Waals surface area contributed by atoms with Gasteiger partial charge in [0.25, 0.3) is 0 Å². The molecule has 1 aromatic carbocycles. The standard InChI is InChI=1S/C15H21F3N2O2Si/c1-23(2,3)5-4-22-10-20-14-11(8-19-20)6-13(15(16,17)18)7-12(14)9-21/h6-8,21H,4-5,9-10H2,1-3H3. The molecule has 0 aliphatic rings. The third kappa shape index (κ3) is 4.55. The van der Waals surface area contributed by atoms with E-state index in [9.17, 15) is 18.3 Å². The largest absolute Gasteiger partial charge is 0.416 e. The molecule has 0 bridgehead atoms. The fourth-order valence-electron chi connectivity index (χ4n) is 2.23. The molecule has 4 nitrogen and oxygen atoms in total. The van der Waals surface area contributed by atoms with Crippen molar-refractivity contribution in [1.29, 1.82) is 0 Å². The zero-order valence-electron chi connectivity index (χ0n) is 13.4. The zero-order chi connectivity index (χ0) is 17.3. The van der Waals surface area contributed by atoms with E-state index in [1.54, 1.807) is 0 Å². The van der Waals surface area contributed by atoms with Crippen LogP contribution in [0.5, 0.6) is 0 Å². The number of aliphatic hydroxyl groups is 1. The Hall–Kier alpha value is -1.38. The molecule has 128 valence electrons. The van der Waals surface area contributed by atoms with Gasteiger partial charge in [-0.25, -0.2) is 4.68 Å². The number of benzene rings is 1. The molecule has 2 rings (SSSR count). The average Bonchev–Trinajstić information content (AvgIpc) is 2.84. The van der Waals surface area contributed by atoms with Crippen molar-refractivity contribution in [3.8, 4) is 0 Å². The fourth-order valence-corrected chi connectivity index (χ4v) is 2.99. The van der Waals surface area contributed by atoms with Gasteiger partial charge in [-0.05, 0) is 18.2 Å². The first-order valence-electron chi connectivity index (χ1n) is 7.36. The highest BCUT2D eigenvalue weighted by Crippen LogP contribution is 2.33. The van der Waals surface area contributed by atoms with E-state index in [0.717, 1.165) is 18.2 Å². The lowest BCUT2D eigenvalue weighted by Gasteiger charge is -2.16. The van der Waals surface area contributed by atoms with Crippen molar-refractivity contribution in [2.24, 2.45) is 0 Å². The number of rotatable bonds is 6. The van der Waals surface area contributed by atoms with Gasteiger partial charge in [-0.15, -0.1) is 0 Å². The molecule has 1 heterocycles. The normalized spacial score (nSPS) is 13.0. The monoisotopic (exact) mass is 346 g/mol. The lowest BCUT2D eigenvalue weighted by molar-refractivity contribution is -0.137. The Morgan fingerprint density at radius 3 is 2.52 bits per heavy atom. The van der Waals surface area contributed by atoms with E-state index in [1.807, 2.05) is 0 Å².